The zero-order valence-electron chi connectivity index (χ0n) is 4.34. The monoisotopic (exact) mass is 148 g/mol. The Hall–Kier alpha value is -0.150. The maximum absolute atomic E-state index is 5.38. The zero-order valence-corrected chi connectivity index (χ0v) is 5.91. The van der Waals surface area contributed by atoms with Gasteiger partial charge in [0.25, 0.3) is 0 Å². The molecule has 0 aromatic carbocycles. The fourth-order valence-corrected chi connectivity index (χ4v) is 0.961. The number of rotatable bonds is 1. The van der Waals surface area contributed by atoms with Crippen LogP contribution in [-0.4, -0.2) is 9.55 Å². The maximum atomic E-state index is 5.38. The fourth-order valence-electron chi connectivity index (χ4n) is 0.429. The van der Waals surface area contributed by atoms with Crippen LogP contribution in [0.4, 0.5) is 0 Å². The number of halogens is 1. The van der Waals surface area contributed by atoms with Crippen molar-refractivity contribution in [2.75, 3.05) is 0 Å². The first-order valence-electron chi connectivity index (χ1n) is 2.09. The second-order valence-corrected chi connectivity index (χ2v) is 2.49. The van der Waals surface area contributed by atoms with Crippen LogP contribution in [0.15, 0.2) is 17.6 Å². The van der Waals surface area contributed by atoms with Gasteiger partial charge in [-0.1, -0.05) is 0 Å². The van der Waals surface area contributed by atoms with Crippen LogP contribution < -0.4 is 0 Å². The number of nitrogens with zero attached hydrogens (tertiary/aromatic N) is 2. The Morgan fingerprint density at radius 2 is 2.62 bits per heavy atom. The van der Waals surface area contributed by atoms with Crippen LogP contribution in [0.25, 0.3) is 0 Å². The van der Waals surface area contributed by atoms with Crippen molar-refractivity contribution in [2.45, 2.75) is 5.03 Å². The van der Waals surface area contributed by atoms with E-state index in [0.717, 1.165) is 16.0 Å². The highest BCUT2D eigenvalue weighted by molar-refractivity contribution is 8.21. The molecule has 8 heavy (non-hydrogen) atoms. The van der Waals surface area contributed by atoms with Gasteiger partial charge in [0.2, 0.25) is 0 Å². The van der Waals surface area contributed by atoms with E-state index in [4.69, 9.17) is 10.7 Å². The van der Waals surface area contributed by atoms with E-state index in [2.05, 4.69) is 4.98 Å². The Morgan fingerprint density at radius 3 is 2.88 bits per heavy atom. The average Bonchev–Trinajstić information content (AvgIpc) is 2.14. The van der Waals surface area contributed by atoms with Crippen molar-refractivity contribution in [3.63, 3.8) is 0 Å². The third-order valence-corrected chi connectivity index (χ3v) is 1.60. The highest BCUT2D eigenvalue weighted by Crippen LogP contribution is 2.17. The Labute approximate surface area is 56.4 Å². The summed E-state index contributed by atoms with van der Waals surface area (Å²) in [5, 5.41) is 0.842. The normalized spacial score (nSPS) is 9.75. The van der Waals surface area contributed by atoms with Gasteiger partial charge in [0.15, 0.2) is 0 Å². The molecule has 0 aliphatic rings. The summed E-state index contributed by atoms with van der Waals surface area (Å²) in [5.41, 5.74) is 0. The maximum Gasteiger partial charge on any atom is 0.129 e. The van der Waals surface area contributed by atoms with Crippen molar-refractivity contribution >= 4 is 21.7 Å². The summed E-state index contributed by atoms with van der Waals surface area (Å²) in [6.07, 6.45) is 3.57. The first-order chi connectivity index (χ1) is 3.83. The van der Waals surface area contributed by atoms with Crippen LogP contribution in [0.1, 0.15) is 0 Å². The van der Waals surface area contributed by atoms with E-state index in [0.29, 0.717) is 0 Å². The molecular weight excluding hydrogens is 144 g/mol. The number of aromatic nitrogens is 2. The lowest BCUT2D eigenvalue weighted by Crippen LogP contribution is -1.76. The smallest absolute Gasteiger partial charge is 0.129 e. The second kappa shape index (κ2) is 2.42. The summed E-state index contributed by atoms with van der Waals surface area (Å²) < 4.78 is 1.85. The van der Waals surface area contributed by atoms with Crippen molar-refractivity contribution in [2.24, 2.45) is 7.05 Å². The van der Waals surface area contributed by atoms with Crippen LogP contribution in [0, 0.1) is 0 Å². The standard InChI is InChI=1S/C4H5ClN2S/c1-7-2-4(8-5)6-3-7/h2-3H,1H3. The molecule has 1 heterocycles. The largest absolute Gasteiger partial charge is 0.339 e. The number of hydrogen-bond donors (Lipinski definition) is 0. The van der Waals surface area contributed by atoms with E-state index >= 15 is 0 Å². The van der Waals surface area contributed by atoms with Gasteiger partial charge in [0.05, 0.1) is 6.33 Å². The van der Waals surface area contributed by atoms with Crippen molar-refractivity contribution in [1.29, 1.82) is 0 Å². The summed E-state index contributed by atoms with van der Waals surface area (Å²) in [4.78, 5) is 3.93. The highest BCUT2D eigenvalue weighted by Gasteiger charge is 1.90. The Kier molecular flexibility index (Phi) is 1.81. The Balaban J connectivity index is 2.84. The molecule has 0 bridgehead atoms. The first-order valence-corrected chi connectivity index (χ1v) is 3.74. The van der Waals surface area contributed by atoms with E-state index in [9.17, 15) is 0 Å². The van der Waals surface area contributed by atoms with Crippen LogP contribution in [0.2, 0.25) is 0 Å². The summed E-state index contributed by atoms with van der Waals surface area (Å²) in [5.74, 6) is 0. The first kappa shape index (κ1) is 5.98. The number of hydrogen-bond acceptors (Lipinski definition) is 2. The molecule has 2 nitrogen and oxygen atoms in total. The molecule has 0 radical (unpaired) electrons. The predicted molar refractivity (Wildman–Crippen MR) is 34.9 cm³/mol. The summed E-state index contributed by atoms with van der Waals surface area (Å²) in [6, 6.07) is 0. The molecular formula is C4H5ClN2S. The molecule has 1 aromatic heterocycles. The molecule has 4 heteroatoms. The van der Waals surface area contributed by atoms with Crippen LogP contribution in [0.5, 0.6) is 0 Å². The summed E-state index contributed by atoms with van der Waals surface area (Å²) in [6.45, 7) is 0. The minimum atomic E-state index is 0.842. The molecule has 0 aliphatic heterocycles. The molecule has 44 valence electrons. The molecule has 1 rings (SSSR count). The minimum Gasteiger partial charge on any atom is -0.339 e. The SMILES string of the molecule is Cn1cnc(SCl)c1. The second-order valence-electron chi connectivity index (χ2n) is 1.45. The van der Waals surface area contributed by atoms with Crippen molar-refractivity contribution in [3.8, 4) is 0 Å². The molecule has 1 aromatic rings. The third-order valence-electron chi connectivity index (χ3n) is 0.760. The van der Waals surface area contributed by atoms with Gasteiger partial charge < -0.3 is 4.57 Å². The molecule has 0 unspecified atom stereocenters. The molecule has 0 atom stereocenters. The third kappa shape index (κ3) is 1.17. The Bertz CT molecular complexity index is 174. The number of aryl methyl sites for hydroxylation is 1. The molecule has 0 amide bonds. The van der Waals surface area contributed by atoms with Gasteiger partial charge in [-0.3, -0.25) is 0 Å². The Morgan fingerprint density at radius 1 is 1.88 bits per heavy atom. The van der Waals surface area contributed by atoms with E-state index in [1.54, 1.807) is 6.33 Å². The molecule has 0 aliphatic carbocycles. The molecule has 0 N–H and O–H groups in total. The topological polar surface area (TPSA) is 17.8 Å². The van der Waals surface area contributed by atoms with Gasteiger partial charge >= 0.3 is 0 Å². The lowest BCUT2D eigenvalue weighted by Gasteiger charge is -1.79. The van der Waals surface area contributed by atoms with Gasteiger partial charge in [0.1, 0.15) is 5.03 Å². The van der Waals surface area contributed by atoms with Gasteiger partial charge in [-0.05, 0) is 10.7 Å². The minimum absolute atomic E-state index is 0.842. The highest BCUT2D eigenvalue weighted by atomic mass is 35.7. The van der Waals surface area contributed by atoms with Crippen molar-refractivity contribution in [3.05, 3.63) is 12.5 Å². The van der Waals surface area contributed by atoms with Crippen LogP contribution in [0.3, 0.4) is 0 Å². The van der Waals surface area contributed by atoms with Gasteiger partial charge in [-0.25, -0.2) is 4.98 Å². The molecule has 0 saturated carbocycles. The van der Waals surface area contributed by atoms with E-state index < -0.39 is 0 Å². The zero-order chi connectivity index (χ0) is 5.98. The van der Waals surface area contributed by atoms with Gasteiger partial charge in [0, 0.05) is 24.2 Å². The lowest BCUT2D eigenvalue weighted by molar-refractivity contribution is 0.912. The average molecular weight is 149 g/mol. The van der Waals surface area contributed by atoms with Crippen LogP contribution in [-0.2, 0) is 7.05 Å². The van der Waals surface area contributed by atoms with Crippen molar-refractivity contribution < 1.29 is 0 Å². The summed E-state index contributed by atoms with van der Waals surface area (Å²) in [7, 11) is 8.42. The lowest BCUT2D eigenvalue weighted by atomic mass is 10.9. The van der Waals surface area contributed by atoms with Gasteiger partial charge in [-0.15, -0.1) is 0 Å². The molecule has 0 spiro atoms. The molecule has 0 saturated heterocycles. The molecule has 0 fully saturated rings. The van der Waals surface area contributed by atoms with E-state index in [1.807, 2.05) is 17.8 Å². The van der Waals surface area contributed by atoms with E-state index in [-0.39, 0.29) is 0 Å². The van der Waals surface area contributed by atoms with Gasteiger partial charge in [-0.2, -0.15) is 0 Å². The van der Waals surface area contributed by atoms with Crippen molar-refractivity contribution in [1.82, 2.24) is 9.55 Å². The summed E-state index contributed by atoms with van der Waals surface area (Å²) >= 11 is 0. The van der Waals surface area contributed by atoms with E-state index in [1.165, 1.54) is 0 Å². The number of imidazole rings is 1. The predicted octanol–water partition coefficient (Wildman–Crippen LogP) is 1.67. The quantitative estimate of drug-likeness (QED) is 0.603. The van der Waals surface area contributed by atoms with Crippen LogP contribution >= 0.6 is 21.7 Å². The fraction of sp³-hybridized carbons (Fsp3) is 0.250.